The van der Waals surface area contributed by atoms with Crippen molar-refractivity contribution >= 4 is 5.69 Å². The summed E-state index contributed by atoms with van der Waals surface area (Å²) in [6.07, 6.45) is -3.30. The van der Waals surface area contributed by atoms with Crippen molar-refractivity contribution in [1.82, 2.24) is 0 Å². The summed E-state index contributed by atoms with van der Waals surface area (Å²) in [5, 5.41) is 0. The van der Waals surface area contributed by atoms with E-state index in [4.69, 9.17) is 5.73 Å². The molecule has 0 aromatic heterocycles. The van der Waals surface area contributed by atoms with Crippen LogP contribution in [0, 0.1) is 11.8 Å². The Kier molecular flexibility index (Phi) is 4.51. The van der Waals surface area contributed by atoms with Crippen LogP contribution >= 0.6 is 0 Å². The van der Waals surface area contributed by atoms with Gasteiger partial charge in [-0.05, 0) is 42.9 Å². The van der Waals surface area contributed by atoms with E-state index in [2.05, 4.69) is 13.8 Å². The number of hydrogen-bond donors (Lipinski definition) is 1. The summed E-state index contributed by atoms with van der Waals surface area (Å²) >= 11 is 0. The summed E-state index contributed by atoms with van der Waals surface area (Å²) in [6.45, 7) is 6.99. The standard InChI is InChI=1S/C16H23F3N2/c1-10-6-11(2)12(3)21(9-10)15-5-4-13(8-20)7-14(15)16(17,18)19/h4-5,7,10-12H,6,8-9,20H2,1-3H3. The van der Waals surface area contributed by atoms with Crippen LogP contribution in [0.15, 0.2) is 18.2 Å². The quantitative estimate of drug-likeness (QED) is 0.893. The highest BCUT2D eigenvalue weighted by Gasteiger charge is 2.38. The van der Waals surface area contributed by atoms with Crippen LogP contribution in [0.3, 0.4) is 0 Å². The molecule has 0 spiro atoms. The normalized spacial score (nSPS) is 27.0. The Bertz CT molecular complexity index is 499. The maximum Gasteiger partial charge on any atom is 0.418 e. The lowest BCUT2D eigenvalue weighted by atomic mass is 9.85. The molecule has 1 aromatic rings. The van der Waals surface area contributed by atoms with E-state index in [0.717, 1.165) is 6.42 Å². The second-order valence-corrected chi connectivity index (χ2v) is 6.26. The molecule has 3 unspecified atom stereocenters. The molecule has 0 saturated carbocycles. The third-order valence-corrected chi connectivity index (χ3v) is 4.51. The number of nitrogens with zero attached hydrogens (tertiary/aromatic N) is 1. The minimum Gasteiger partial charge on any atom is -0.368 e. The van der Waals surface area contributed by atoms with Crippen LogP contribution in [0.2, 0.25) is 0 Å². The van der Waals surface area contributed by atoms with Gasteiger partial charge in [-0.15, -0.1) is 0 Å². The molecule has 2 rings (SSSR count). The predicted molar refractivity (Wildman–Crippen MR) is 79.1 cm³/mol. The van der Waals surface area contributed by atoms with Gasteiger partial charge in [-0.2, -0.15) is 13.2 Å². The van der Waals surface area contributed by atoms with Gasteiger partial charge in [-0.3, -0.25) is 0 Å². The maximum atomic E-state index is 13.4. The molecule has 1 saturated heterocycles. The zero-order valence-corrected chi connectivity index (χ0v) is 12.7. The van der Waals surface area contributed by atoms with Gasteiger partial charge in [0.05, 0.1) is 5.56 Å². The highest BCUT2D eigenvalue weighted by atomic mass is 19.4. The van der Waals surface area contributed by atoms with Crippen molar-refractivity contribution in [3.05, 3.63) is 29.3 Å². The Morgan fingerprint density at radius 2 is 1.90 bits per heavy atom. The molecule has 1 fully saturated rings. The Labute approximate surface area is 124 Å². The van der Waals surface area contributed by atoms with Crippen LogP contribution in [0.4, 0.5) is 18.9 Å². The molecule has 21 heavy (non-hydrogen) atoms. The summed E-state index contributed by atoms with van der Waals surface area (Å²) in [6, 6.07) is 4.56. The van der Waals surface area contributed by atoms with Crippen molar-refractivity contribution in [3.8, 4) is 0 Å². The van der Waals surface area contributed by atoms with Crippen molar-refractivity contribution in [1.29, 1.82) is 0 Å². The molecule has 0 aliphatic carbocycles. The first kappa shape index (κ1) is 16.1. The number of rotatable bonds is 2. The fourth-order valence-electron chi connectivity index (χ4n) is 3.22. The Hall–Kier alpha value is -1.23. The second kappa shape index (κ2) is 5.87. The van der Waals surface area contributed by atoms with Crippen LogP contribution in [-0.4, -0.2) is 12.6 Å². The average molecular weight is 300 g/mol. The molecule has 118 valence electrons. The van der Waals surface area contributed by atoms with Crippen LogP contribution in [0.1, 0.15) is 38.3 Å². The largest absolute Gasteiger partial charge is 0.418 e. The highest BCUT2D eigenvalue weighted by Crippen LogP contribution is 2.40. The number of nitrogens with two attached hydrogens (primary N) is 1. The topological polar surface area (TPSA) is 29.3 Å². The number of halogens is 3. The van der Waals surface area contributed by atoms with Gasteiger partial charge in [0, 0.05) is 24.8 Å². The molecule has 1 aliphatic rings. The van der Waals surface area contributed by atoms with Crippen molar-refractivity contribution in [3.63, 3.8) is 0 Å². The zero-order chi connectivity index (χ0) is 15.8. The van der Waals surface area contributed by atoms with E-state index < -0.39 is 11.7 Å². The molecule has 1 heterocycles. The molecule has 2 N–H and O–H groups in total. The molecule has 3 atom stereocenters. The monoisotopic (exact) mass is 300 g/mol. The van der Waals surface area contributed by atoms with Crippen LogP contribution < -0.4 is 10.6 Å². The fourth-order valence-corrected chi connectivity index (χ4v) is 3.22. The maximum absolute atomic E-state index is 13.4. The van der Waals surface area contributed by atoms with Crippen LogP contribution in [0.25, 0.3) is 0 Å². The smallest absolute Gasteiger partial charge is 0.368 e. The first-order valence-electron chi connectivity index (χ1n) is 7.40. The van der Waals surface area contributed by atoms with E-state index >= 15 is 0 Å². The van der Waals surface area contributed by atoms with Gasteiger partial charge >= 0.3 is 6.18 Å². The molecule has 0 amide bonds. The molecule has 2 nitrogen and oxygen atoms in total. The van der Waals surface area contributed by atoms with Crippen molar-refractivity contribution < 1.29 is 13.2 Å². The summed E-state index contributed by atoms with van der Waals surface area (Å²) in [7, 11) is 0. The van der Waals surface area contributed by atoms with Gasteiger partial charge in [-0.1, -0.05) is 19.9 Å². The van der Waals surface area contributed by atoms with E-state index in [0.29, 0.717) is 23.9 Å². The Balaban J connectivity index is 2.47. The van der Waals surface area contributed by atoms with Gasteiger partial charge in [-0.25, -0.2) is 0 Å². The van der Waals surface area contributed by atoms with E-state index in [-0.39, 0.29) is 18.3 Å². The molecule has 0 radical (unpaired) electrons. The molecule has 5 heteroatoms. The third kappa shape index (κ3) is 3.34. The lowest BCUT2D eigenvalue weighted by Crippen LogP contribution is -2.46. The molecular formula is C16H23F3N2. The van der Waals surface area contributed by atoms with Crippen molar-refractivity contribution in [2.45, 2.75) is 46.0 Å². The van der Waals surface area contributed by atoms with E-state index in [1.165, 1.54) is 6.07 Å². The number of benzene rings is 1. The summed E-state index contributed by atoms with van der Waals surface area (Å²) in [5.41, 5.74) is 5.70. The van der Waals surface area contributed by atoms with Crippen molar-refractivity contribution in [2.24, 2.45) is 17.6 Å². The SMILES string of the molecule is CC1CC(C)C(C)N(c2ccc(CN)cc2C(F)(F)F)C1. The Morgan fingerprint density at radius 1 is 1.24 bits per heavy atom. The third-order valence-electron chi connectivity index (χ3n) is 4.51. The molecule has 1 aromatic carbocycles. The number of anilines is 1. The van der Waals surface area contributed by atoms with Crippen molar-refractivity contribution in [2.75, 3.05) is 11.4 Å². The Morgan fingerprint density at radius 3 is 2.48 bits per heavy atom. The lowest BCUT2D eigenvalue weighted by molar-refractivity contribution is -0.137. The first-order chi connectivity index (χ1) is 9.74. The van der Waals surface area contributed by atoms with Gasteiger partial charge in [0.2, 0.25) is 0 Å². The number of alkyl halides is 3. The van der Waals surface area contributed by atoms with Crippen LogP contribution in [0.5, 0.6) is 0 Å². The number of piperidine rings is 1. The molecular weight excluding hydrogens is 277 g/mol. The summed E-state index contributed by atoms with van der Waals surface area (Å²) < 4.78 is 40.1. The van der Waals surface area contributed by atoms with Gasteiger partial charge in [0.15, 0.2) is 0 Å². The van der Waals surface area contributed by atoms with E-state index in [9.17, 15) is 13.2 Å². The lowest BCUT2D eigenvalue weighted by Gasteiger charge is -2.43. The van der Waals surface area contributed by atoms with Gasteiger partial charge in [0.1, 0.15) is 0 Å². The average Bonchev–Trinajstić information content (AvgIpc) is 2.41. The fraction of sp³-hybridized carbons (Fsp3) is 0.625. The summed E-state index contributed by atoms with van der Waals surface area (Å²) in [5.74, 6) is 0.774. The van der Waals surface area contributed by atoms with Gasteiger partial charge < -0.3 is 10.6 Å². The van der Waals surface area contributed by atoms with E-state index in [1.807, 2.05) is 11.8 Å². The molecule has 0 bridgehead atoms. The number of hydrogen-bond acceptors (Lipinski definition) is 2. The second-order valence-electron chi connectivity index (χ2n) is 6.26. The molecule has 1 aliphatic heterocycles. The predicted octanol–water partition coefficient (Wildman–Crippen LogP) is 4.03. The highest BCUT2D eigenvalue weighted by molar-refractivity contribution is 5.57. The van der Waals surface area contributed by atoms with Crippen LogP contribution in [-0.2, 0) is 12.7 Å². The van der Waals surface area contributed by atoms with E-state index in [1.54, 1.807) is 12.1 Å². The van der Waals surface area contributed by atoms with Gasteiger partial charge in [0.25, 0.3) is 0 Å². The first-order valence-corrected chi connectivity index (χ1v) is 7.40. The minimum atomic E-state index is -4.36. The minimum absolute atomic E-state index is 0.103. The summed E-state index contributed by atoms with van der Waals surface area (Å²) in [4.78, 5) is 1.90. The zero-order valence-electron chi connectivity index (χ0n) is 12.7.